The van der Waals surface area contributed by atoms with Crippen LogP contribution in [-0.2, 0) is 16.5 Å². The summed E-state index contributed by atoms with van der Waals surface area (Å²) in [5.74, 6) is 0.402. The number of nitrogens with zero attached hydrogens (tertiary/aromatic N) is 1. The first-order valence-corrected chi connectivity index (χ1v) is 8.61. The number of aromatic nitrogens is 1. The third kappa shape index (κ3) is 5.89. The molecule has 9 heteroatoms. The Morgan fingerprint density at radius 3 is 2.54 bits per heavy atom. The normalized spacial score (nSPS) is 16.5. The van der Waals surface area contributed by atoms with Gasteiger partial charge >= 0.3 is 6.18 Å². The minimum Gasteiger partial charge on any atom is -0.345 e. The van der Waals surface area contributed by atoms with Crippen LogP contribution < -0.4 is 10.6 Å². The molecule has 1 aromatic rings. The summed E-state index contributed by atoms with van der Waals surface area (Å²) in [5.41, 5.74) is -1.81. The maximum Gasteiger partial charge on any atom is 0.434 e. The number of carbonyl (C=O) groups is 1. The molecule has 4 nitrogen and oxygen atoms in total. The first kappa shape index (κ1) is 21.2. The zero-order valence-electron chi connectivity index (χ0n) is 13.7. The van der Waals surface area contributed by atoms with Gasteiger partial charge in [0.1, 0.15) is 5.01 Å². The lowest BCUT2D eigenvalue weighted by Gasteiger charge is -2.25. The topological polar surface area (TPSA) is 54.0 Å². The number of nitrogens with one attached hydrogen (secondary N) is 2. The van der Waals surface area contributed by atoms with Crippen LogP contribution in [0.25, 0.3) is 0 Å². The zero-order chi connectivity index (χ0) is 17.1. The summed E-state index contributed by atoms with van der Waals surface area (Å²) in [6, 6.07) is 0. The molecular formula is C15H23ClF3N3OS. The average molecular weight is 386 g/mol. The van der Waals surface area contributed by atoms with Gasteiger partial charge < -0.3 is 10.6 Å². The fourth-order valence-corrected chi connectivity index (χ4v) is 3.57. The second-order valence-electron chi connectivity index (χ2n) is 6.44. The summed E-state index contributed by atoms with van der Waals surface area (Å²) in [5, 5.41) is 7.33. The van der Waals surface area contributed by atoms with E-state index in [4.69, 9.17) is 0 Å². The Labute approximate surface area is 150 Å². The van der Waals surface area contributed by atoms with Crippen molar-refractivity contribution in [2.45, 2.75) is 51.2 Å². The fourth-order valence-electron chi connectivity index (χ4n) is 2.66. The predicted molar refractivity (Wildman–Crippen MR) is 90.4 cm³/mol. The Balaban J connectivity index is 0.00000288. The first-order chi connectivity index (χ1) is 10.7. The number of amides is 1. The van der Waals surface area contributed by atoms with Gasteiger partial charge in [-0.3, -0.25) is 4.79 Å². The van der Waals surface area contributed by atoms with Crippen LogP contribution in [0, 0.1) is 5.92 Å². The lowest BCUT2D eigenvalue weighted by molar-refractivity contribution is -0.140. The van der Waals surface area contributed by atoms with Gasteiger partial charge in [0.25, 0.3) is 0 Å². The standard InChI is InChI=1S/C15H22F3N3OS.ClH/c1-14(2,13-20-11(9-23-13)15(16,17)18)21-12(22)4-3-10-5-7-19-8-6-10;/h9-10,19H,3-8H2,1-2H3,(H,21,22);1H. The number of hydrogen-bond acceptors (Lipinski definition) is 4. The van der Waals surface area contributed by atoms with Crippen LogP contribution in [0.1, 0.15) is 50.2 Å². The molecule has 2 rings (SSSR count). The third-order valence-electron chi connectivity index (χ3n) is 4.02. The highest BCUT2D eigenvalue weighted by molar-refractivity contribution is 7.09. The van der Waals surface area contributed by atoms with Gasteiger partial charge in [-0.05, 0) is 52.1 Å². The number of carbonyl (C=O) groups excluding carboxylic acids is 1. The zero-order valence-corrected chi connectivity index (χ0v) is 15.3. The van der Waals surface area contributed by atoms with E-state index >= 15 is 0 Å². The van der Waals surface area contributed by atoms with Gasteiger partial charge in [-0.25, -0.2) is 4.98 Å². The van der Waals surface area contributed by atoms with E-state index in [1.165, 1.54) is 0 Å². The van der Waals surface area contributed by atoms with Crippen LogP contribution in [0.2, 0.25) is 0 Å². The highest BCUT2D eigenvalue weighted by Crippen LogP contribution is 2.33. The molecule has 2 N–H and O–H groups in total. The number of piperidine rings is 1. The van der Waals surface area contributed by atoms with Gasteiger partial charge in [0.2, 0.25) is 5.91 Å². The lowest BCUT2D eigenvalue weighted by atomic mass is 9.93. The molecule has 1 saturated heterocycles. The van der Waals surface area contributed by atoms with E-state index in [0.29, 0.717) is 12.3 Å². The predicted octanol–water partition coefficient (Wildman–Crippen LogP) is 3.71. The molecule has 0 bridgehead atoms. The van der Waals surface area contributed by atoms with Crippen molar-refractivity contribution in [3.8, 4) is 0 Å². The van der Waals surface area contributed by atoms with Crippen molar-refractivity contribution in [3.05, 3.63) is 16.1 Å². The molecule has 1 amide bonds. The van der Waals surface area contributed by atoms with Crippen LogP contribution in [0.5, 0.6) is 0 Å². The SMILES string of the molecule is CC(C)(NC(=O)CCC1CCNCC1)c1nc(C(F)(F)F)cs1.Cl. The molecule has 1 aliphatic rings. The second-order valence-corrected chi connectivity index (χ2v) is 7.30. The van der Waals surface area contributed by atoms with Gasteiger partial charge in [0.05, 0.1) is 5.54 Å². The molecular weight excluding hydrogens is 363 g/mol. The van der Waals surface area contributed by atoms with E-state index in [-0.39, 0.29) is 23.3 Å². The Kier molecular flexibility index (Phi) is 7.49. The van der Waals surface area contributed by atoms with Gasteiger partial charge in [0, 0.05) is 11.8 Å². The smallest absolute Gasteiger partial charge is 0.345 e. The summed E-state index contributed by atoms with van der Waals surface area (Å²) < 4.78 is 37.9. The molecule has 2 heterocycles. The van der Waals surface area contributed by atoms with Gasteiger partial charge in [-0.2, -0.15) is 13.2 Å². The summed E-state index contributed by atoms with van der Waals surface area (Å²) in [4.78, 5) is 15.7. The van der Waals surface area contributed by atoms with Gasteiger partial charge in [-0.15, -0.1) is 23.7 Å². The number of halogens is 4. The van der Waals surface area contributed by atoms with Crippen LogP contribution in [-0.4, -0.2) is 24.0 Å². The molecule has 0 spiro atoms. The van der Waals surface area contributed by atoms with E-state index in [2.05, 4.69) is 15.6 Å². The molecule has 0 radical (unpaired) electrons. The average Bonchev–Trinajstić information content (AvgIpc) is 2.96. The fraction of sp³-hybridized carbons (Fsp3) is 0.733. The van der Waals surface area contributed by atoms with Crippen molar-refractivity contribution in [1.82, 2.24) is 15.6 Å². The molecule has 0 saturated carbocycles. The highest BCUT2D eigenvalue weighted by Gasteiger charge is 2.36. The first-order valence-electron chi connectivity index (χ1n) is 7.73. The van der Waals surface area contributed by atoms with Crippen LogP contribution in [0.15, 0.2) is 5.38 Å². The summed E-state index contributed by atoms with van der Waals surface area (Å²) >= 11 is 0.917. The maximum absolute atomic E-state index is 12.6. The molecule has 138 valence electrons. The Morgan fingerprint density at radius 2 is 2.00 bits per heavy atom. The van der Waals surface area contributed by atoms with Crippen molar-refractivity contribution >= 4 is 29.7 Å². The second kappa shape index (κ2) is 8.49. The lowest BCUT2D eigenvalue weighted by Crippen LogP contribution is -2.41. The molecule has 1 fully saturated rings. The van der Waals surface area contributed by atoms with Crippen molar-refractivity contribution in [2.24, 2.45) is 5.92 Å². The van der Waals surface area contributed by atoms with E-state index in [1.807, 2.05) is 0 Å². The van der Waals surface area contributed by atoms with E-state index in [1.54, 1.807) is 13.8 Å². The minimum absolute atomic E-state index is 0. The Morgan fingerprint density at radius 1 is 1.38 bits per heavy atom. The molecule has 0 aromatic carbocycles. The van der Waals surface area contributed by atoms with Crippen molar-refractivity contribution in [3.63, 3.8) is 0 Å². The molecule has 1 aliphatic heterocycles. The summed E-state index contributed by atoms with van der Waals surface area (Å²) in [6.07, 6.45) is -1.11. The van der Waals surface area contributed by atoms with E-state index < -0.39 is 17.4 Å². The molecule has 1 aromatic heterocycles. The van der Waals surface area contributed by atoms with Crippen LogP contribution in [0.3, 0.4) is 0 Å². The summed E-state index contributed by atoms with van der Waals surface area (Å²) in [6.45, 7) is 5.32. The Bertz CT molecular complexity index is 542. The molecule has 24 heavy (non-hydrogen) atoms. The number of hydrogen-bond donors (Lipinski definition) is 2. The number of alkyl halides is 3. The monoisotopic (exact) mass is 385 g/mol. The largest absolute Gasteiger partial charge is 0.434 e. The van der Waals surface area contributed by atoms with Crippen molar-refractivity contribution in [1.29, 1.82) is 0 Å². The quantitative estimate of drug-likeness (QED) is 0.812. The van der Waals surface area contributed by atoms with Crippen molar-refractivity contribution in [2.75, 3.05) is 13.1 Å². The van der Waals surface area contributed by atoms with Gasteiger partial charge in [-0.1, -0.05) is 0 Å². The highest BCUT2D eigenvalue weighted by atomic mass is 35.5. The van der Waals surface area contributed by atoms with E-state index in [0.717, 1.165) is 49.1 Å². The maximum atomic E-state index is 12.6. The summed E-state index contributed by atoms with van der Waals surface area (Å²) in [7, 11) is 0. The Hall–Kier alpha value is -0.860. The third-order valence-corrected chi connectivity index (χ3v) is 5.19. The minimum atomic E-state index is -4.45. The molecule has 0 atom stereocenters. The van der Waals surface area contributed by atoms with Crippen LogP contribution in [0.4, 0.5) is 13.2 Å². The van der Waals surface area contributed by atoms with Gasteiger partial charge in [0.15, 0.2) is 5.69 Å². The number of thiazole rings is 1. The molecule has 0 aliphatic carbocycles. The molecule has 0 unspecified atom stereocenters. The number of rotatable bonds is 5. The van der Waals surface area contributed by atoms with Crippen LogP contribution >= 0.6 is 23.7 Å². The van der Waals surface area contributed by atoms with E-state index in [9.17, 15) is 18.0 Å². The van der Waals surface area contributed by atoms with Crippen molar-refractivity contribution < 1.29 is 18.0 Å².